The Morgan fingerprint density at radius 3 is 2.47 bits per heavy atom. The molecule has 4 N–H and O–H groups in total. The summed E-state index contributed by atoms with van der Waals surface area (Å²) in [5, 5.41) is 4.31. The second-order valence-electron chi connectivity index (χ2n) is 5.45. The van der Waals surface area contributed by atoms with Gasteiger partial charge >= 0.3 is 0 Å². The minimum atomic E-state index is -0.417. The van der Waals surface area contributed by atoms with Gasteiger partial charge in [0.15, 0.2) is 0 Å². The molecule has 1 fully saturated rings. The van der Waals surface area contributed by atoms with Gasteiger partial charge in [-0.1, -0.05) is 0 Å². The van der Waals surface area contributed by atoms with Crippen molar-refractivity contribution in [2.45, 2.75) is 44.7 Å². The third-order valence-corrected chi connectivity index (χ3v) is 4.06. The van der Waals surface area contributed by atoms with Gasteiger partial charge in [0.2, 0.25) is 0 Å². The van der Waals surface area contributed by atoms with Crippen LogP contribution in [-0.2, 0) is 7.05 Å². The largest absolute Gasteiger partial charge is 0.365 e. The van der Waals surface area contributed by atoms with Crippen molar-refractivity contribution in [3.8, 4) is 0 Å². The van der Waals surface area contributed by atoms with E-state index in [0.717, 1.165) is 31.5 Å². The zero-order valence-electron chi connectivity index (χ0n) is 11.9. The Kier molecular flexibility index (Phi) is 3.80. The molecule has 1 saturated carbocycles. The van der Waals surface area contributed by atoms with Crippen molar-refractivity contribution in [1.29, 1.82) is 0 Å². The average Bonchev–Trinajstić information content (AvgIpc) is 2.64. The molecule has 1 aliphatic carbocycles. The Labute approximate surface area is 113 Å². The molecule has 2 rings (SSSR count). The second-order valence-corrected chi connectivity index (χ2v) is 5.45. The lowest BCUT2D eigenvalue weighted by Gasteiger charge is -2.35. The monoisotopic (exact) mass is 265 g/mol. The Morgan fingerprint density at radius 1 is 1.37 bits per heavy atom. The highest BCUT2D eigenvalue weighted by Gasteiger charge is 2.28. The summed E-state index contributed by atoms with van der Waals surface area (Å²) in [7, 11) is 3.85. The van der Waals surface area contributed by atoms with E-state index in [9.17, 15) is 4.79 Å². The molecule has 1 aromatic heterocycles. The summed E-state index contributed by atoms with van der Waals surface area (Å²) in [6.07, 6.45) is 4.13. The molecule has 0 spiro atoms. The number of anilines is 1. The highest BCUT2D eigenvalue weighted by molar-refractivity contribution is 5.99. The Hall–Kier alpha value is -1.56. The third kappa shape index (κ3) is 2.58. The Bertz CT molecular complexity index is 474. The number of primary amides is 1. The molecule has 6 nitrogen and oxygen atoms in total. The Morgan fingerprint density at radius 2 is 1.95 bits per heavy atom. The highest BCUT2D eigenvalue weighted by atomic mass is 16.1. The van der Waals surface area contributed by atoms with E-state index in [-0.39, 0.29) is 0 Å². The molecular formula is C13H23N5O. The predicted octanol–water partition coefficient (Wildman–Crippen LogP) is 0.534. The fourth-order valence-corrected chi connectivity index (χ4v) is 3.00. The first-order valence-corrected chi connectivity index (χ1v) is 6.73. The zero-order valence-corrected chi connectivity index (χ0v) is 11.9. The average molecular weight is 265 g/mol. The zero-order chi connectivity index (χ0) is 14.2. The van der Waals surface area contributed by atoms with Gasteiger partial charge in [0.1, 0.15) is 11.4 Å². The van der Waals surface area contributed by atoms with Crippen LogP contribution in [-0.4, -0.2) is 34.8 Å². The molecule has 0 aliphatic heterocycles. The van der Waals surface area contributed by atoms with Gasteiger partial charge in [0.25, 0.3) is 5.91 Å². The summed E-state index contributed by atoms with van der Waals surface area (Å²) >= 11 is 0. The number of hydrogen-bond acceptors (Lipinski definition) is 4. The van der Waals surface area contributed by atoms with Crippen molar-refractivity contribution >= 4 is 11.7 Å². The van der Waals surface area contributed by atoms with Gasteiger partial charge in [-0.25, -0.2) is 0 Å². The minimum absolute atomic E-state index is 0.313. The number of hydrogen-bond donors (Lipinski definition) is 2. The van der Waals surface area contributed by atoms with Gasteiger partial charge in [-0.15, -0.1) is 0 Å². The molecule has 1 heterocycles. The number of carbonyl (C=O) groups excluding carboxylic acids is 1. The van der Waals surface area contributed by atoms with Crippen molar-refractivity contribution in [3.05, 3.63) is 11.3 Å². The van der Waals surface area contributed by atoms with E-state index >= 15 is 0 Å². The summed E-state index contributed by atoms with van der Waals surface area (Å²) < 4.78 is 1.74. The minimum Gasteiger partial charge on any atom is -0.365 e. The summed E-state index contributed by atoms with van der Waals surface area (Å²) in [5.74, 6) is 0.394. The van der Waals surface area contributed by atoms with Crippen LogP contribution in [0.3, 0.4) is 0 Å². The number of aryl methyl sites for hydroxylation is 2. The molecule has 0 aromatic carbocycles. The molecular weight excluding hydrogens is 242 g/mol. The van der Waals surface area contributed by atoms with Crippen LogP contribution < -0.4 is 16.4 Å². The van der Waals surface area contributed by atoms with Crippen LogP contribution in [0.4, 0.5) is 5.82 Å². The quantitative estimate of drug-likeness (QED) is 0.834. The molecule has 1 amide bonds. The van der Waals surface area contributed by atoms with Crippen LogP contribution in [0.15, 0.2) is 0 Å². The lowest BCUT2D eigenvalue weighted by atomic mass is 9.91. The number of nitrogens with two attached hydrogens (primary N) is 2. The summed E-state index contributed by atoms with van der Waals surface area (Å²) in [4.78, 5) is 13.7. The van der Waals surface area contributed by atoms with Crippen LogP contribution in [0.5, 0.6) is 0 Å². The fourth-order valence-electron chi connectivity index (χ4n) is 3.00. The summed E-state index contributed by atoms with van der Waals surface area (Å²) in [6, 6.07) is 0.709. The van der Waals surface area contributed by atoms with E-state index in [1.807, 2.05) is 21.0 Å². The van der Waals surface area contributed by atoms with Crippen molar-refractivity contribution in [2.75, 3.05) is 11.9 Å². The number of amides is 1. The number of nitrogens with zero attached hydrogens (tertiary/aromatic N) is 3. The van der Waals surface area contributed by atoms with Crippen LogP contribution in [0, 0.1) is 6.92 Å². The first-order valence-electron chi connectivity index (χ1n) is 6.73. The number of aromatic nitrogens is 2. The number of carbonyl (C=O) groups is 1. The SMILES string of the molecule is Cc1nn(C)c(N(C)C2CCC(N)CC2)c1C(N)=O. The normalized spacial score (nSPS) is 23.4. The van der Waals surface area contributed by atoms with Gasteiger partial charge in [0.05, 0.1) is 5.69 Å². The molecule has 106 valence electrons. The van der Waals surface area contributed by atoms with Gasteiger partial charge in [-0.3, -0.25) is 9.48 Å². The third-order valence-electron chi connectivity index (χ3n) is 4.06. The van der Waals surface area contributed by atoms with Crippen molar-refractivity contribution in [1.82, 2.24) is 9.78 Å². The van der Waals surface area contributed by atoms with E-state index in [0.29, 0.717) is 23.3 Å². The molecule has 1 aliphatic rings. The molecule has 0 unspecified atom stereocenters. The van der Waals surface area contributed by atoms with E-state index in [4.69, 9.17) is 11.5 Å². The summed E-state index contributed by atoms with van der Waals surface area (Å²) in [6.45, 7) is 1.81. The fraction of sp³-hybridized carbons (Fsp3) is 0.692. The lowest BCUT2D eigenvalue weighted by Crippen LogP contribution is -2.40. The molecule has 0 bridgehead atoms. The van der Waals surface area contributed by atoms with Gasteiger partial charge in [-0.05, 0) is 32.6 Å². The predicted molar refractivity (Wildman–Crippen MR) is 75.1 cm³/mol. The second kappa shape index (κ2) is 5.21. The first kappa shape index (κ1) is 13.9. The Balaban J connectivity index is 2.28. The molecule has 19 heavy (non-hydrogen) atoms. The maximum absolute atomic E-state index is 11.6. The number of rotatable bonds is 3. The van der Waals surface area contributed by atoms with Crippen molar-refractivity contribution in [2.24, 2.45) is 18.5 Å². The lowest BCUT2D eigenvalue weighted by molar-refractivity contribution is 0.1000. The molecule has 0 saturated heterocycles. The first-order chi connectivity index (χ1) is 8.91. The van der Waals surface area contributed by atoms with Crippen molar-refractivity contribution < 1.29 is 4.79 Å². The topological polar surface area (TPSA) is 90.2 Å². The molecule has 0 radical (unpaired) electrons. The molecule has 0 atom stereocenters. The smallest absolute Gasteiger partial charge is 0.254 e. The maximum Gasteiger partial charge on any atom is 0.254 e. The van der Waals surface area contributed by atoms with Crippen molar-refractivity contribution in [3.63, 3.8) is 0 Å². The van der Waals surface area contributed by atoms with Crippen LogP contribution in [0.2, 0.25) is 0 Å². The van der Waals surface area contributed by atoms with E-state index in [2.05, 4.69) is 10.00 Å². The molecule has 6 heteroatoms. The van der Waals surface area contributed by atoms with Gasteiger partial charge in [-0.2, -0.15) is 5.10 Å². The highest BCUT2D eigenvalue weighted by Crippen LogP contribution is 2.29. The van der Waals surface area contributed by atoms with E-state index < -0.39 is 5.91 Å². The van der Waals surface area contributed by atoms with Gasteiger partial charge in [0, 0.05) is 26.2 Å². The summed E-state index contributed by atoms with van der Waals surface area (Å²) in [5.41, 5.74) is 12.6. The van der Waals surface area contributed by atoms with Gasteiger partial charge < -0.3 is 16.4 Å². The standard InChI is InChI=1S/C13H23N5O/c1-8-11(12(15)19)13(18(3)16-8)17(2)10-6-4-9(14)5-7-10/h9-10H,4-7,14H2,1-3H3,(H2,15,19). The van der Waals surface area contributed by atoms with E-state index in [1.54, 1.807) is 4.68 Å². The molecule has 1 aromatic rings. The van der Waals surface area contributed by atoms with E-state index in [1.165, 1.54) is 0 Å². The van der Waals surface area contributed by atoms with Crippen LogP contribution in [0.25, 0.3) is 0 Å². The van der Waals surface area contributed by atoms with Crippen LogP contribution >= 0.6 is 0 Å². The maximum atomic E-state index is 11.6. The van der Waals surface area contributed by atoms with Crippen LogP contribution in [0.1, 0.15) is 41.7 Å².